The van der Waals surface area contributed by atoms with E-state index >= 15 is 0 Å². The number of hydrogen-bond donors (Lipinski definition) is 2. The van der Waals surface area contributed by atoms with Crippen molar-refractivity contribution in [2.45, 2.75) is 71.3 Å². The van der Waals surface area contributed by atoms with E-state index < -0.39 is 5.97 Å². The van der Waals surface area contributed by atoms with E-state index in [1.54, 1.807) is 0 Å². The number of fused-ring (bicyclic) bond motifs is 5. The first-order chi connectivity index (χ1) is 12.3. The highest BCUT2D eigenvalue weighted by Gasteiger charge is 2.58. The minimum Gasteiger partial charge on any atom is -0.479 e. The zero-order chi connectivity index (χ0) is 18.5. The van der Waals surface area contributed by atoms with Crippen LogP contribution in [0.4, 0.5) is 0 Å². The summed E-state index contributed by atoms with van der Waals surface area (Å²) in [4.78, 5) is 15.5. The molecule has 0 unspecified atom stereocenters. The molecular weight excluding hydrogens is 330 g/mol. The molecule has 6 atom stereocenters. The molecule has 0 aromatic heterocycles. The Bertz CT molecular complexity index is 656. The highest BCUT2D eigenvalue weighted by molar-refractivity contribution is 5.96. The zero-order valence-corrected chi connectivity index (χ0v) is 15.9. The van der Waals surface area contributed by atoms with Crippen LogP contribution in [-0.2, 0) is 9.63 Å². The van der Waals surface area contributed by atoms with Crippen molar-refractivity contribution >= 4 is 11.7 Å². The number of carboxylic acids is 1. The molecule has 3 fully saturated rings. The van der Waals surface area contributed by atoms with Gasteiger partial charge in [0.05, 0.1) is 11.8 Å². The van der Waals surface area contributed by atoms with Gasteiger partial charge in [-0.3, -0.25) is 0 Å². The molecular formula is C21H31NO4. The van der Waals surface area contributed by atoms with Crippen molar-refractivity contribution < 1.29 is 19.8 Å². The molecule has 4 aliphatic carbocycles. The summed E-state index contributed by atoms with van der Waals surface area (Å²) in [6, 6.07) is 0. The summed E-state index contributed by atoms with van der Waals surface area (Å²) in [7, 11) is 0. The molecule has 0 bridgehead atoms. The molecule has 4 aliphatic rings. The standard InChI is InChI=1S/C21H31NO4/c1-20-9-7-14(22-26-12-19(24)25)11-13(20)3-4-15-16-5-6-18(23)21(16,2)10-8-17(15)20/h11,15-18,23H,3-10,12H2,1-2H3,(H,24,25)/t15-,16+,17-,18+,20+,21+/m1/s1. The lowest BCUT2D eigenvalue weighted by molar-refractivity contribution is -0.142. The molecule has 0 heterocycles. The lowest BCUT2D eigenvalue weighted by atomic mass is 9.47. The van der Waals surface area contributed by atoms with Crippen LogP contribution in [0.1, 0.15) is 65.2 Å². The molecule has 144 valence electrons. The molecule has 0 radical (unpaired) electrons. The Morgan fingerprint density at radius 1 is 1.19 bits per heavy atom. The average Bonchev–Trinajstić information content (AvgIpc) is 2.90. The summed E-state index contributed by atoms with van der Waals surface area (Å²) in [6.45, 7) is 4.38. The van der Waals surface area contributed by atoms with Crippen LogP contribution in [0.3, 0.4) is 0 Å². The lowest BCUT2D eigenvalue weighted by Gasteiger charge is -2.57. The normalized spacial score (nSPS) is 46.1. The quantitative estimate of drug-likeness (QED) is 0.750. The Morgan fingerprint density at radius 2 is 2.00 bits per heavy atom. The fourth-order valence-electron chi connectivity index (χ4n) is 6.79. The van der Waals surface area contributed by atoms with Crippen LogP contribution in [0, 0.1) is 28.6 Å². The van der Waals surface area contributed by atoms with Crippen molar-refractivity contribution in [3.05, 3.63) is 11.6 Å². The van der Waals surface area contributed by atoms with Crippen molar-refractivity contribution in [3.8, 4) is 0 Å². The molecule has 0 saturated heterocycles. The van der Waals surface area contributed by atoms with Gasteiger partial charge in [0.25, 0.3) is 0 Å². The average molecular weight is 361 g/mol. The van der Waals surface area contributed by atoms with Crippen molar-refractivity contribution in [1.29, 1.82) is 0 Å². The van der Waals surface area contributed by atoms with Crippen LogP contribution in [0.15, 0.2) is 16.8 Å². The van der Waals surface area contributed by atoms with Crippen molar-refractivity contribution in [2.24, 2.45) is 33.7 Å². The van der Waals surface area contributed by atoms with E-state index in [1.165, 1.54) is 24.8 Å². The van der Waals surface area contributed by atoms with Gasteiger partial charge in [0.1, 0.15) is 0 Å². The van der Waals surface area contributed by atoms with Gasteiger partial charge in [-0.2, -0.15) is 0 Å². The first-order valence-electron chi connectivity index (χ1n) is 10.1. The third-order valence-corrected chi connectivity index (χ3v) is 8.30. The number of nitrogens with zero attached hydrogens (tertiary/aromatic N) is 1. The molecule has 4 rings (SSSR count). The monoisotopic (exact) mass is 361 g/mol. The van der Waals surface area contributed by atoms with Gasteiger partial charge >= 0.3 is 5.97 Å². The van der Waals surface area contributed by atoms with E-state index in [2.05, 4.69) is 25.1 Å². The van der Waals surface area contributed by atoms with E-state index in [4.69, 9.17) is 9.94 Å². The van der Waals surface area contributed by atoms with Crippen LogP contribution in [-0.4, -0.2) is 34.6 Å². The number of hydrogen-bond acceptors (Lipinski definition) is 4. The summed E-state index contributed by atoms with van der Waals surface area (Å²) in [5.74, 6) is 1.11. The van der Waals surface area contributed by atoms with Crippen molar-refractivity contribution in [2.75, 3.05) is 6.61 Å². The van der Waals surface area contributed by atoms with Gasteiger partial charge in [0.2, 0.25) is 6.61 Å². The highest BCUT2D eigenvalue weighted by atomic mass is 16.6. The first-order valence-corrected chi connectivity index (χ1v) is 10.1. The Morgan fingerprint density at radius 3 is 2.77 bits per heavy atom. The van der Waals surface area contributed by atoms with Gasteiger partial charge in [0, 0.05) is 0 Å². The number of rotatable bonds is 3. The second kappa shape index (κ2) is 6.36. The maximum absolute atomic E-state index is 10.6. The van der Waals surface area contributed by atoms with Crippen LogP contribution in [0.25, 0.3) is 0 Å². The predicted molar refractivity (Wildman–Crippen MR) is 98.7 cm³/mol. The van der Waals surface area contributed by atoms with E-state index in [1.807, 2.05) is 0 Å². The van der Waals surface area contributed by atoms with Crippen molar-refractivity contribution in [1.82, 2.24) is 0 Å². The second-order valence-corrected chi connectivity index (χ2v) is 9.39. The maximum Gasteiger partial charge on any atom is 0.344 e. The van der Waals surface area contributed by atoms with Crippen molar-refractivity contribution in [3.63, 3.8) is 0 Å². The van der Waals surface area contributed by atoms with E-state index in [-0.39, 0.29) is 23.5 Å². The number of allylic oxidation sites excluding steroid dienone is 2. The molecule has 3 saturated carbocycles. The van der Waals surface area contributed by atoms with Crippen LogP contribution < -0.4 is 0 Å². The minimum absolute atomic E-state index is 0.116. The maximum atomic E-state index is 10.6. The first kappa shape index (κ1) is 18.0. The number of aliphatic carboxylic acids is 1. The molecule has 0 aromatic rings. The molecule has 0 aromatic carbocycles. The lowest BCUT2D eigenvalue weighted by Crippen LogP contribution is -2.51. The van der Waals surface area contributed by atoms with Crippen LogP contribution in [0.5, 0.6) is 0 Å². The highest BCUT2D eigenvalue weighted by Crippen LogP contribution is 2.65. The topological polar surface area (TPSA) is 79.1 Å². The van der Waals surface area contributed by atoms with E-state index in [0.717, 1.165) is 43.7 Å². The van der Waals surface area contributed by atoms with Gasteiger partial charge in [-0.15, -0.1) is 0 Å². The van der Waals surface area contributed by atoms with Gasteiger partial charge in [-0.1, -0.05) is 24.6 Å². The largest absolute Gasteiger partial charge is 0.479 e. The van der Waals surface area contributed by atoms with Crippen LogP contribution >= 0.6 is 0 Å². The Balaban J connectivity index is 1.55. The SMILES string of the molecule is C[C@]12CC[C@@H]3[C@H](CCC4=CC(=NOCC(=O)O)CC[C@@]43C)[C@@H]1CC[C@@H]2O. The molecule has 0 amide bonds. The van der Waals surface area contributed by atoms with Crippen LogP contribution in [0.2, 0.25) is 0 Å². The molecule has 2 N–H and O–H groups in total. The Kier molecular flexibility index (Phi) is 4.41. The Hall–Kier alpha value is -1.36. The summed E-state index contributed by atoms with van der Waals surface area (Å²) >= 11 is 0. The molecule has 26 heavy (non-hydrogen) atoms. The number of aliphatic hydroxyl groups excluding tert-OH is 1. The Labute approximate surface area is 155 Å². The molecule has 5 heteroatoms. The minimum atomic E-state index is -0.993. The summed E-state index contributed by atoms with van der Waals surface area (Å²) in [6.07, 6.45) is 10.8. The fraction of sp³-hybridized carbons (Fsp3) is 0.810. The number of carboxylic acid groups (broad SMARTS) is 1. The van der Waals surface area contributed by atoms with Gasteiger partial charge in [-0.05, 0) is 86.0 Å². The third-order valence-electron chi connectivity index (χ3n) is 8.30. The van der Waals surface area contributed by atoms with Gasteiger partial charge < -0.3 is 15.1 Å². The molecule has 0 aliphatic heterocycles. The number of carbonyl (C=O) groups is 1. The van der Waals surface area contributed by atoms with Gasteiger partial charge in [0.15, 0.2) is 0 Å². The molecule has 5 nitrogen and oxygen atoms in total. The second-order valence-electron chi connectivity index (χ2n) is 9.39. The van der Waals surface area contributed by atoms with E-state index in [9.17, 15) is 9.90 Å². The smallest absolute Gasteiger partial charge is 0.344 e. The number of aliphatic hydroxyl groups is 1. The predicted octanol–water partition coefficient (Wildman–Crippen LogP) is 3.77. The molecule has 0 spiro atoms. The zero-order valence-electron chi connectivity index (χ0n) is 15.9. The summed E-state index contributed by atoms with van der Waals surface area (Å²) in [5, 5.41) is 23.3. The summed E-state index contributed by atoms with van der Waals surface area (Å²) in [5.41, 5.74) is 2.72. The van der Waals surface area contributed by atoms with E-state index in [0.29, 0.717) is 11.8 Å². The summed E-state index contributed by atoms with van der Waals surface area (Å²) < 4.78 is 0. The fourth-order valence-corrected chi connectivity index (χ4v) is 6.79. The number of oxime groups is 1. The van der Waals surface area contributed by atoms with Gasteiger partial charge in [-0.25, -0.2) is 4.79 Å². The third kappa shape index (κ3) is 2.70.